The minimum Gasteiger partial charge on any atom is -0.410 e. The summed E-state index contributed by atoms with van der Waals surface area (Å²) in [6.07, 6.45) is 2.37. The molecule has 1 aliphatic heterocycles. The standard InChI is InChI=1S/C49H60ClN5O6S2Si/c1-49(2,3)64(6,7)61-47(44-16-12-11-15-43(44)35-17-21-38(50)22-18-35)36-27-31-54(32-28-36)40-23-19-37(20-24-40)48(56)52-63(59,60)42-25-26-45(46(33-42)55(57)58)51-39(29-30-53(4)5)34-62-41-13-9-8-10-14-41/h8-26,33,36,39,47,51H,27-32,34H2,1-7H3,(H,52,56). The Morgan fingerprint density at radius 1 is 0.938 bits per heavy atom. The van der Waals surface area contributed by atoms with Crippen molar-refractivity contribution in [2.45, 2.75) is 80.1 Å². The van der Waals surface area contributed by atoms with E-state index in [1.165, 1.54) is 17.7 Å². The van der Waals surface area contributed by atoms with Crippen molar-refractivity contribution in [3.63, 3.8) is 0 Å². The molecule has 1 amide bonds. The highest BCUT2D eigenvalue weighted by Crippen LogP contribution is 2.46. The van der Waals surface area contributed by atoms with Crippen LogP contribution in [-0.2, 0) is 14.4 Å². The van der Waals surface area contributed by atoms with Gasteiger partial charge in [-0.2, -0.15) is 0 Å². The molecule has 0 radical (unpaired) electrons. The maximum atomic E-state index is 13.5. The second-order valence-corrected chi connectivity index (χ2v) is 26.2. The zero-order valence-electron chi connectivity index (χ0n) is 37.7. The summed E-state index contributed by atoms with van der Waals surface area (Å²) in [4.78, 5) is 30.1. The van der Waals surface area contributed by atoms with Gasteiger partial charge in [-0.15, -0.1) is 11.8 Å². The molecule has 5 aromatic rings. The lowest BCUT2D eigenvalue weighted by molar-refractivity contribution is -0.384. The van der Waals surface area contributed by atoms with Gasteiger partial charge in [-0.3, -0.25) is 14.9 Å². The minimum atomic E-state index is -4.46. The molecular weight excluding hydrogens is 882 g/mol. The number of nitrogens with zero attached hydrogens (tertiary/aromatic N) is 3. The fraction of sp³-hybridized carbons (Fsp3) is 0.367. The number of nitrogens with one attached hydrogen (secondary N) is 2. The summed E-state index contributed by atoms with van der Waals surface area (Å²) in [5.41, 5.74) is 4.29. The third-order valence-corrected chi connectivity index (χ3v) is 19.5. The van der Waals surface area contributed by atoms with Gasteiger partial charge in [0, 0.05) is 52.1 Å². The molecule has 0 aliphatic carbocycles. The Balaban J connectivity index is 1.12. The summed E-state index contributed by atoms with van der Waals surface area (Å²) in [6.45, 7) is 13.7. The molecule has 0 saturated carbocycles. The van der Waals surface area contributed by atoms with Crippen LogP contribution in [0.15, 0.2) is 131 Å². The van der Waals surface area contributed by atoms with Crippen molar-refractivity contribution < 1.29 is 22.6 Å². The van der Waals surface area contributed by atoms with Crippen LogP contribution in [0.4, 0.5) is 17.1 Å². The van der Waals surface area contributed by atoms with Crippen LogP contribution in [0.25, 0.3) is 11.1 Å². The molecule has 1 saturated heterocycles. The number of hydrogen-bond donors (Lipinski definition) is 2. The lowest BCUT2D eigenvalue weighted by atomic mass is 9.84. The number of anilines is 2. The number of nitro groups is 1. The lowest BCUT2D eigenvalue weighted by Gasteiger charge is -2.44. The molecule has 0 bridgehead atoms. The van der Waals surface area contributed by atoms with E-state index in [2.05, 4.69) is 85.2 Å². The predicted octanol–water partition coefficient (Wildman–Crippen LogP) is 11.5. The topological polar surface area (TPSA) is 134 Å². The van der Waals surface area contributed by atoms with E-state index in [0.717, 1.165) is 60.3 Å². The first-order valence-electron chi connectivity index (χ1n) is 21.6. The highest BCUT2D eigenvalue weighted by atomic mass is 35.5. The van der Waals surface area contributed by atoms with Gasteiger partial charge >= 0.3 is 0 Å². The molecule has 64 heavy (non-hydrogen) atoms. The van der Waals surface area contributed by atoms with Gasteiger partial charge in [0.25, 0.3) is 21.6 Å². The number of halogens is 1. The summed E-state index contributed by atoms with van der Waals surface area (Å²) in [6, 6.07) is 36.7. The maximum absolute atomic E-state index is 13.5. The van der Waals surface area contributed by atoms with Crippen molar-refractivity contribution >= 4 is 64.7 Å². The SMILES string of the molecule is CN(C)CCC(CSc1ccccc1)Nc1ccc(S(=O)(=O)NC(=O)c2ccc(N3CCC(C(O[Si](C)(C)C(C)(C)C)c4ccccc4-c4ccc(Cl)cc4)CC3)cc2)cc1[N+](=O)[O-]. The van der Waals surface area contributed by atoms with Gasteiger partial charge in [0.15, 0.2) is 8.32 Å². The van der Waals surface area contributed by atoms with Gasteiger partial charge in [0.2, 0.25) is 0 Å². The van der Waals surface area contributed by atoms with Crippen LogP contribution in [0.1, 0.15) is 62.1 Å². The molecule has 2 atom stereocenters. The van der Waals surface area contributed by atoms with Gasteiger partial charge in [-0.25, -0.2) is 13.1 Å². The number of sulfonamides is 1. The maximum Gasteiger partial charge on any atom is 0.293 e. The molecule has 2 N–H and O–H groups in total. The number of hydrogen-bond acceptors (Lipinski definition) is 10. The first-order valence-corrected chi connectivity index (χ1v) is 27.4. The lowest BCUT2D eigenvalue weighted by Crippen LogP contribution is -2.45. The van der Waals surface area contributed by atoms with Crippen LogP contribution < -0.4 is 14.9 Å². The molecule has 0 aromatic heterocycles. The first kappa shape index (κ1) is 48.7. The monoisotopic (exact) mass is 941 g/mol. The van der Waals surface area contributed by atoms with Crippen LogP contribution in [0.5, 0.6) is 0 Å². The Hall–Kier alpha value is -4.70. The zero-order chi connectivity index (χ0) is 46.2. The third kappa shape index (κ3) is 12.5. The highest BCUT2D eigenvalue weighted by molar-refractivity contribution is 7.99. The Labute approximate surface area is 389 Å². The van der Waals surface area contributed by atoms with Gasteiger partial charge in [0.05, 0.1) is 15.9 Å². The van der Waals surface area contributed by atoms with E-state index in [9.17, 15) is 23.3 Å². The van der Waals surface area contributed by atoms with E-state index < -0.39 is 34.9 Å². The second-order valence-electron chi connectivity index (χ2n) is 18.2. The van der Waals surface area contributed by atoms with Gasteiger partial charge in [0.1, 0.15) is 5.69 Å². The molecule has 0 spiro atoms. The van der Waals surface area contributed by atoms with Crippen molar-refractivity contribution in [2.75, 3.05) is 49.7 Å². The molecule has 2 unspecified atom stereocenters. The smallest absolute Gasteiger partial charge is 0.293 e. The number of carbonyl (C=O) groups is 1. The van der Waals surface area contributed by atoms with E-state index in [1.807, 2.05) is 73.6 Å². The van der Waals surface area contributed by atoms with Crippen molar-refractivity contribution in [3.8, 4) is 11.1 Å². The summed E-state index contributed by atoms with van der Waals surface area (Å²) < 4.78 is 36.5. The normalized spacial score (nSPS) is 14.9. The Morgan fingerprint density at radius 2 is 1.58 bits per heavy atom. The molecule has 6 rings (SSSR count). The number of carbonyl (C=O) groups excluding carboxylic acids is 1. The highest BCUT2D eigenvalue weighted by Gasteiger charge is 2.42. The molecular formula is C49H60ClN5O6S2Si. The quantitative estimate of drug-likeness (QED) is 0.0378. The van der Waals surface area contributed by atoms with E-state index in [-0.39, 0.29) is 39.2 Å². The molecule has 1 heterocycles. The fourth-order valence-electron chi connectivity index (χ4n) is 7.57. The van der Waals surface area contributed by atoms with Crippen LogP contribution in [0.2, 0.25) is 23.2 Å². The number of amides is 1. The van der Waals surface area contributed by atoms with Crippen molar-refractivity contribution in [3.05, 3.63) is 148 Å². The average molecular weight is 943 g/mol. The molecule has 5 aromatic carbocycles. The average Bonchev–Trinajstić information content (AvgIpc) is 3.26. The number of benzene rings is 5. The van der Waals surface area contributed by atoms with Gasteiger partial charge in [-0.1, -0.05) is 87.0 Å². The number of piperidine rings is 1. The summed E-state index contributed by atoms with van der Waals surface area (Å²) in [5.74, 6) is 0.0651. The Morgan fingerprint density at radius 3 is 2.20 bits per heavy atom. The number of rotatable bonds is 18. The number of nitro benzene ring substituents is 1. The predicted molar refractivity (Wildman–Crippen MR) is 265 cm³/mol. The van der Waals surface area contributed by atoms with Crippen LogP contribution in [0, 0.1) is 16.0 Å². The molecule has 1 aliphatic rings. The van der Waals surface area contributed by atoms with E-state index >= 15 is 0 Å². The molecule has 1 fully saturated rings. The fourth-order valence-corrected chi connectivity index (χ4v) is 11.0. The largest absolute Gasteiger partial charge is 0.410 e. The number of thioether (sulfide) groups is 1. The molecule has 340 valence electrons. The van der Waals surface area contributed by atoms with Crippen molar-refractivity contribution in [1.82, 2.24) is 9.62 Å². The summed E-state index contributed by atoms with van der Waals surface area (Å²) >= 11 is 7.90. The van der Waals surface area contributed by atoms with Crippen LogP contribution in [0.3, 0.4) is 0 Å². The van der Waals surface area contributed by atoms with Gasteiger partial charge < -0.3 is 19.5 Å². The Bertz CT molecular complexity index is 2480. The van der Waals surface area contributed by atoms with Crippen LogP contribution in [-0.4, -0.2) is 78.0 Å². The minimum absolute atomic E-state index is 0.0202. The zero-order valence-corrected chi connectivity index (χ0v) is 41.1. The van der Waals surface area contributed by atoms with E-state index in [0.29, 0.717) is 17.2 Å². The second kappa shape index (κ2) is 21.1. The summed E-state index contributed by atoms with van der Waals surface area (Å²) in [5, 5.41) is 16.3. The van der Waals surface area contributed by atoms with E-state index in [1.54, 1.807) is 23.9 Å². The summed E-state index contributed by atoms with van der Waals surface area (Å²) in [7, 11) is -2.73. The Kier molecular flexibility index (Phi) is 16.1. The van der Waals surface area contributed by atoms with Gasteiger partial charge in [-0.05, 0) is 141 Å². The third-order valence-electron chi connectivity index (χ3n) is 12.3. The first-order chi connectivity index (χ1) is 30.3. The van der Waals surface area contributed by atoms with Crippen molar-refractivity contribution in [1.29, 1.82) is 0 Å². The van der Waals surface area contributed by atoms with Crippen molar-refractivity contribution in [2.24, 2.45) is 5.92 Å². The van der Waals surface area contributed by atoms with Crippen LogP contribution >= 0.6 is 23.4 Å². The molecule has 11 nitrogen and oxygen atoms in total. The van der Waals surface area contributed by atoms with E-state index in [4.69, 9.17) is 16.0 Å². The molecule has 15 heteroatoms.